The minimum absolute atomic E-state index is 0. The zero-order chi connectivity index (χ0) is 17.1. The fourth-order valence-corrected chi connectivity index (χ4v) is 6.04. The molecule has 0 aromatic heterocycles. The van der Waals surface area contributed by atoms with Crippen LogP contribution in [0.25, 0.3) is 0 Å². The monoisotopic (exact) mass is 374 g/mol. The van der Waals surface area contributed by atoms with E-state index < -0.39 is 10.4 Å². The first-order valence-electron chi connectivity index (χ1n) is 8.74. The van der Waals surface area contributed by atoms with E-state index in [0.717, 1.165) is 44.1 Å². The molecule has 132 valence electrons. The van der Waals surface area contributed by atoms with E-state index >= 15 is 0 Å². The van der Waals surface area contributed by atoms with Gasteiger partial charge in [0, 0.05) is 0 Å². The number of rotatable bonds is 2. The van der Waals surface area contributed by atoms with Gasteiger partial charge in [0.2, 0.25) is 0 Å². The molecule has 5 nitrogen and oxygen atoms in total. The van der Waals surface area contributed by atoms with Crippen LogP contribution in [0, 0.1) is 17.3 Å². The Morgan fingerprint density at radius 1 is 1.24 bits per heavy atom. The molecule has 7 heteroatoms. The zero-order valence-corrected chi connectivity index (χ0v) is 17.6. The minimum Gasteiger partial charge on any atom is -0.716 e. The molecule has 0 saturated heterocycles. The number of hydrogen-bond acceptors (Lipinski definition) is 5. The molecule has 0 spiro atoms. The molecule has 0 amide bonds. The summed E-state index contributed by atoms with van der Waals surface area (Å²) in [6.45, 7) is 2.25. The van der Waals surface area contributed by atoms with Gasteiger partial charge < -0.3 is 13.8 Å². The van der Waals surface area contributed by atoms with Crippen molar-refractivity contribution in [3.05, 3.63) is 29.3 Å². The normalized spacial score (nSPS) is 36.6. The van der Waals surface area contributed by atoms with E-state index in [2.05, 4.69) is 11.1 Å². The second kappa shape index (κ2) is 6.80. The molecule has 3 aliphatic carbocycles. The fourth-order valence-electron chi connectivity index (χ4n) is 5.70. The molecule has 3 aliphatic rings. The van der Waals surface area contributed by atoms with Crippen molar-refractivity contribution in [3.8, 4) is 5.75 Å². The van der Waals surface area contributed by atoms with Gasteiger partial charge in [-0.2, -0.15) is 0 Å². The molecule has 25 heavy (non-hydrogen) atoms. The summed E-state index contributed by atoms with van der Waals surface area (Å²) in [6.07, 6.45) is 5.85. The van der Waals surface area contributed by atoms with Crippen LogP contribution in [0.5, 0.6) is 5.75 Å². The number of benzene rings is 1. The Hall–Kier alpha value is -0.110. The summed E-state index contributed by atoms with van der Waals surface area (Å²) < 4.78 is 36.8. The molecule has 0 unspecified atom stereocenters. The van der Waals surface area contributed by atoms with E-state index in [9.17, 15) is 18.1 Å². The van der Waals surface area contributed by atoms with Gasteiger partial charge in [-0.05, 0) is 85.0 Å². The SMILES string of the molecule is C[C@]12CC[C@@H]3c4ccc(OS(=O)(=O)[O-])cc4CC[C@H]3[C@@H]1CC[C@H]2O.[Na+]. The van der Waals surface area contributed by atoms with Crippen LogP contribution in [0.1, 0.15) is 56.1 Å². The predicted molar refractivity (Wildman–Crippen MR) is 87.4 cm³/mol. The Bertz CT molecular complexity index is 765. The molecule has 0 heterocycles. The molecular formula is C18H23NaO5S. The van der Waals surface area contributed by atoms with Crippen molar-refractivity contribution >= 4 is 10.4 Å². The third kappa shape index (κ3) is 3.42. The van der Waals surface area contributed by atoms with Crippen LogP contribution in [-0.2, 0) is 16.8 Å². The van der Waals surface area contributed by atoms with E-state index in [0.29, 0.717) is 17.8 Å². The molecule has 1 aromatic rings. The van der Waals surface area contributed by atoms with E-state index in [1.54, 1.807) is 12.1 Å². The molecule has 2 fully saturated rings. The summed E-state index contributed by atoms with van der Waals surface area (Å²) >= 11 is 0. The van der Waals surface area contributed by atoms with Crippen molar-refractivity contribution in [2.75, 3.05) is 0 Å². The number of hydrogen-bond donors (Lipinski definition) is 1. The van der Waals surface area contributed by atoms with E-state index in [1.807, 2.05) is 6.07 Å². The average Bonchev–Trinajstić information content (AvgIpc) is 2.81. The third-order valence-corrected chi connectivity index (χ3v) is 7.24. The van der Waals surface area contributed by atoms with Crippen LogP contribution in [0.3, 0.4) is 0 Å². The first-order chi connectivity index (χ1) is 11.3. The molecule has 1 aromatic carbocycles. The van der Waals surface area contributed by atoms with Gasteiger partial charge in [0.15, 0.2) is 0 Å². The molecule has 2 saturated carbocycles. The van der Waals surface area contributed by atoms with E-state index in [4.69, 9.17) is 0 Å². The predicted octanol–water partition coefficient (Wildman–Crippen LogP) is -0.253. The Labute approximate surface area is 171 Å². The first-order valence-corrected chi connectivity index (χ1v) is 10.1. The number of aliphatic hydroxyl groups is 1. The summed E-state index contributed by atoms with van der Waals surface area (Å²) in [5.74, 6) is 1.73. The van der Waals surface area contributed by atoms with E-state index in [-0.39, 0.29) is 46.8 Å². The molecule has 5 atom stereocenters. The quantitative estimate of drug-likeness (QED) is 0.438. The van der Waals surface area contributed by atoms with Crippen LogP contribution < -0.4 is 33.7 Å². The van der Waals surface area contributed by atoms with Gasteiger partial charge in [0.05, 0.1) is 6.10 Å². The standard InChI is InChI=1S/C18H24O5S.Na/c1-18-9-8-14-13-5-3-12(23-24(20,21)22)10-11(13)2-4-15(14)16(18)6-7-17(18)19;/h3,5,10,14-17,19H,2,4,6-9H2,1H3,(H,20,21,22);/q;+1/p-1/t14-,15-,16+,17-,18+;/m1./s1. The third-order valence-electron chi connectivity index (χ3n) is 6.85. The number of aryl methyl sites for hydroxylation is 1. The molecular weight excluding hydrogens is 351 g/mol. The summed E-state index contributed by atoms with van der Waals surface area (Å²) in [7, 11) is -4.73. The second-order valence-corrected chi connectivity index (χ2v) is 8.89. The van der Waals surface area contributed by atoms with Crippen molar-refractivity contribution in [2.45, 2.75) is 57.5 Å². The Balaban J connectivity index is 0.00000182. The summed E-state index contributed by atoms with van der Waals surface area (Å²) in [5.41, 5.74) is 2.42. The summed E-state index contributed by atoms with van der Waals surface area (Å²) in [5, 5.41) is 10.4. The van der Waals surface area contributed by atoms with Gasteiger partial charge in [-0.25, -0.2) is 8.42 Å². The smallest absolute Gasteiger partial charge is 0.716 e. The van der Waals surface area contributed by atoms with Crippen LogP contribution in [0.15, 0.2) is 18.2 Å². The Morgan fingerprint density at radius 3 is 2.72 bits per heavy atom. The van der Waals surface area contributed by atoms with Gasteiger partial charge in [0.1, 0.15) is 5.75 Å². The number of fused-ring (bicyclic) bond motifs is 5. The summed E-state index contributed by atoms with van der Waals surface area (Å²) in [6, 6.07) is 5.23. The minimum atomic E-state index is -4.73. The zero-order valence-electron chi connectivity index (χ0n) is 14.8. The van der Waals surface area contributed by atoms with Crippen molar-refractivity contribution in [1.29, 1.82) is 0 Å². The molecule has 0 bridgehead atoms. The van der Waals surface area contributed by atoms with Crippen LogP contribution in [0.4, 0.5) is 0 Å². The van der Waals surface area contributed by atoms with Crippen LogP contribution in [-0.4, -0.2) is 24.2 Å². The van der Waals surface area contributed by atoms with Gasteiger partial charge in [0.25, 0.3) is 10.4 Å². The van der Waals surface area contributed by atoms with Gasteiger partial charge in [-0.15, -0.1) is 0 Å². The van der Waals surface area contributed by atoms with Gasteiger partial charge in [-0.3, -0.25) is 0 Å². The molecule has 0 radical (unpaired) electrons. The van der Waals surface area contributed by atoms with Crippen molar-refractivity contribution in [2.24, 2.45) is 17.3 Å². The van der Waals surface area contributed by atoms with Crippen LogP contribution >= 0.6 is 0 Å². The maximum absolute atomic E-state index is 10.8. The van der Waals surface area contributed by atoms with Crippen LogP contribution in [0.2, 0.25) is 0 Å². The van der Waals surface area contributed by atoms with Gasteiger partial charge in [-0.1, -0.05) is 13.0 Å². The van der Waals surface area contributed by atoms with Crippen molar-refractivity contribution < 1.29 is 51.8 Å². The fraction of sp³-hybridized carbons (Fsp3) is 0.667. The Kier molecular flexibility index (Phi) is 5.35. The maximum atomic E-state index is 10.8. The molecule has 4 rings (SSSR count). The van der Waals surface area contributed by atoms with Crippen molar-refractivity contribution in [1.82, 2.24) is 0 Å². The molecule has 1 N–H and O–H groups in total. The Morgan fingerprint density at radius 2 is 2.00 bits per heavy atom. The second-order valence-electron chi connectivity index (χ2n) is 7.91. The number of aliphatic hydroxyl groups excluding tert-OH is 1. The average molecular weight is 374 g/mol. The summed E-state index contributed by atoms with van der Waals surface area (Å²) in [4.78, 5) is 0. The van der Waals surface area contributed by atoms with Crippen molar-refractivity contribution in [3.63, 3.8) is 0 Å². The topological polar surface area (TPSA) is 86.7 Å². The molecule has 0 aliphatic heterocycles. The maximum Gasteiger partial charge on any atom is 1.00 e. The first kappa shape index (κ1) is 19.6. The largest absolute Gasteiger partial charge is 1.00 e. The van der Waals surface area contributed by atoms with E-state index in [1.165, 1.54) is 5.56 Å². The van der Waals surface area contributed by atoms with Gasteiger partial charge >= 0.3 is 29.6 Å².